The Morgan fingerprint density at radius 3 is 2.79 bits per heavy atom. The number of hydrogen-bond acceptors (Lipinski definition) is 4. The number of rotatable bonds is 2. The number of carbonyl (C=O) groups excluding carboxylic acids is 1. The number of nitrogens with zero attached hydrogens (tertiary/aromatic N) is 2. The Kier molecular flexibility index (Phi) is 3.80. The highest BCUT2D eigenvalue weighted by Crippen LogP contribution is 2.34. The van der Waals surface area contributed by atoms with E-state index in [9.17, 15) is 14.9 Å². The van der Waals surface area contributed by atoms with Crippen LogP contribution in [0.3, 0.4) is 0 Å². The van der Waals surface area contributed by atoms with Crippen LogP contribution in [0.15, 0.2) is 24.3 Å². The molecule has 19 heavy (non-hydrogen) atoms. The molecule has 6 heteroatoms. The van der Waals surface area contributed by atoms with E-state index in [0.29, 0.717) is 18.4 Å². The highest BCUT2D eigenvalue weighted by Gasteiger charge is 2.34. The van der Waals surface area contributed by atoms with Crippen LogP contribution >= 0.6 is 0 Å². The minimum atomic E-state index is -0.434. The number of nitro groups is 1. The van der Waals surface area contributed by atoms with Crippen LogP contribution in [0.1, 0.15) is 30.9 Å². The van der Waals surface area contributed by atoms with E-state index in [1.165, 1.54) is 6.07 Å². The lowest BCUT2D eigenvalue weighted by Gasteiger charge is -2.30. The second kappa shape index (κ2) is 5.36. The van der Waals surface area contributed by atoms with Crippen molar-refractivity contribution in [1.29, 1.82) is 0 Å². The molecule has 1 aromatic carbocycles. The maximum atomic E-state index is 11.9. The van der Waals surface area contributed by atoms with E-state index < -0.39 is 11.0 Å². The summed E-state index contributed by atoms with van der Waals surface area (Å²) in [7, 11) is 1.66. The summed E-state index contributed by atoms with van der Waals surface area (Å²) in [6.45, 7) is 0. The molecule has 0 aliphatic carbocycles. The van der Waals surface area contributed by atoms with Crippen LogP contribution in [0, 0.1) is 10.1 Å². The number of likely N-dealkylation sites (tertiary alicyclic amines) is 1. The van der Waals surface area contributed by atoms with Crippen molar-refractivity contribution in [1.82, 2.24) is 4.90 Å². The molecule has 2 atom stereocenters. The van der Waals surface area contributed by atoms with Crippen molar-refractivity contribution in [2.45, 2.75) is 31.3 Å². The highest BCUT2D eigenvalue weighted by molar-refractivity contribution is 5.77. The van der Waals surface area contributed by atoms with Gasteiger partial charge in [0, 0.05) is 25.6 Å². The van der Waals surface area contributed by atoms with Crippen molar-refractivity contribution in [3.05, 3.63) is 39.9 Å². The van der Waals surface area contributed by atoms with Crippen molar-refractivity contribution in [2.75, 3.05) is 7.05 Å². The molecule has 0 aromatic heterocycles. The summed E-state index contributed by atoms with van der Waals surface area (Å²) in [5.74, 6) is -0.0175. The first-order chi connectivity index (χ1) is 9.02. The van der Waals surface area contributed by atoms with E-state index in [4.69, 9.17) is 5.73 Å². The van der Waals surface area contributed by atoms with Gasteiger partial charge in [-0.15, -0.1) is 0 Å². The van der Waals surface area contributed by atoms with Crippen molar-refractivity contribution in [2.24, 2.45) is 5.73 Å². The maximum Gasteiger partial charge on any atom is 0.274 e. The summed E-state index contributed by atoms with van der Waals surface area (Å²) in [6, 6.07) is 5.77. The van der Waals surface area contributed by atoms with Gasteiger partial charge in [-0.05, 0) is 12.8 Å². The normalized spacial score (nSPS) is 24.1. The van der Waals surface area contributed by atoms with Gasteiger partial charge in [-0.2, -0.15) is 0 Å². The summed E-state index contributed by atoms with van der Waals surface area (Å²) in [5, 5.41) is 11.1. The molecular weight excluding hydrogens is 246 g/mol. The molecule has 6 nitrogen and oxygen atoms in total. The Morgan fingerprint density at radius 1 is 1.42 bits per heavy atom. The third-order valence-corrected chi connectivity index (χ3v) is 3.60. The Balaban J connectivity index is 2.48. The van der Waals surface area contributed by atoms with Crippen LogP contribution in [0.25, 0.3) is 0 Å². The fraction of sp³-hybridized carbons (Fsp3) is 0.462. The first kappa shape index (κ1) is 13.5. The van der Waals surface area contributed by atoms with E-state index in [0.717, 1.165) is 6.42 Å². The van der Waals surface area contributed by atoms with Gasteiger partial charge in [-0.3, -0.25) is 14.9 Å². The summed E-state index contributed by atoms with van der Waals surface area (Å²) in [5.41, 5.74) is 6.65. The third-order valence-electron chi connectivity index (χ3n) is 3.60. The summed E-state index contributed by atoms with van der Waals surface area (Å²) in [6.07, 6.45) is 1.86. The number of amides is 1. The third kappa shape index (κ3) is 2.58. The van der Waals surface area contributed by atoms with E-state index in [1.54, 1.807) is 30.1 Å². The van der Waals surface area contributed by atoms with Gasteiger partial charge in [-0.1, -0.05) is 18.2 Å². The lowest BCUT2D eigenvalue weighted by atomic mass is 9.95. The predicted molar refractivity (Wildman–Crippen MR) is 70.4 cm³/mol. The molecule has 1 aliphatic rings. The molecule has 1 aromatic rings. The molecular formula is C13H17N3O3. The first-order valence-electron chi connectivity index (χ1n) is 6.27. The quantitative estimate of drug-likeness (QED) is 0.648. The number of likely N-dealkylation sites (N-methyl/N-ethyl adjacent to an activating group) is 1. The number of nitrogens with two attached hydrogens (primary N) is 1. The summed E-state index contributed by atoms with van der Waals surface area (Å²) in [4.78, 5) is 24.1. The summed E-state index contributed by atoms with van der Waals surface area (Å²) < 4.78 is 0. The Hall–Kier alpha value is -1.95. The van der Waals surface area contributed by atoms with Crippen LogP contribution < -0.4 is 5.73 Å². The van der Waals surface area contributed by atoms with Gasteiger partial charge in [0.1, 0.15) is 0 Å². The molecule has 2 rings (SSSR count). The number of benzene rings is 1. The van der Waals surface area contributed by atoms with Crippen molar-refractivity contribution in [3.8, 4) is 0 Å². The minimum absolute atomic E-state index is 0.0175. The maximum absolute atomic E-state index is 11.9. The average molecular weight is 263 g/mol. The number of para-hydroxylation sites is 1. The first-order valence-corrected chi connectivity index (χ1v) is 6.27. The molecule has 0 saturated carbocycles. The Labute approximate surface area is 111 Å². The Bertz CT molecular complexity index is 504. The number of carbonyl (C=O) groups is 1. The molecule has 1 heterocycles. The minimum Gasteiger partial charge on any atom is -0.337 e. The van der Waals surface area contributed by atoms with E-state index in [-0.39, 0.29) is 17.6 Å². The lowest BCUT2D eigenvalue weighted by molar-refractivity contribution is -0.386. The monoisotopic (exact) mass is 263 g/mol. The SMILES string of the molecule is CN1C(=O)CCCC(N)C1c1ccccc1[N+](=O)[O-]. The molecule has 2 N–H and O–H groups in total. The fourth-order valence-corrected chi connectivity index (χ4v) is 2.61. The van der Waals surface area contributed by atoms with Crippen molar-refractivity contribution < 1.29 is 9.72 Å². The van der Waals surface area contributed by atoms with Gasteiger partial charge < -0.3 is 10.6 Å². The Morgan fingerprint density at radius 2 is 2.11 bits per heavy atom. The smallest absolute Gasteiger partial charge is 0.274 e. The zero-order chi connectivity index (χ0) is 14.0. The van der Waals surface area contributed by atoms with Gasteiger partial charge in [0.25, 0.3) is 5.69 Å². The molecule has 1 aliphatic heterocycles. The second-order valence-corrected chi connectivity index (χ2v) is 4.82. The molecule has 0 radical (unpaired) electrons. The second-order valence-electron chi connectivity index (χ2n) is 4.82. The fourth-order valence-electron chi connectivity index (χ4n) is 2.61. The van der Waals surface area contributed by atoms with Crippen LogP contribution in [-0.4, -0.2) is 28.8 Å². The van der Waals surface area contributed by atoms with Gasteiger partial charge >= 0.3 is 0 Å². The van der Waals surface area contributed by atoms with Crippen molar-refractivity contribution >= 4 is 11.6 Å². The standard InChI is InChI=1S/C13H17N3O3/c1-15-12(17)8-4-6-10(14)13(15)9-5-2-3-7-11(9)16(18)19/h2-3,5,7,10,13H,4,6,8,14H2,1H3. The molecule has 1 fully saturated rings. The van der Waals surface area contributed by atoms with Gasteiger partial charge in [-0.25, -0.2) is 0 Å². The van der Waals surface area contributed by atoms with Gasteiger partial charge in [0.15, 0.2) is 0 Å². The zero-order valence-corrected chi connectivity index (χ0v) is 10.8. The molecule has 2 unspecified atom stereocenters. The number of nitro benzene ring substituents is 1. The van der Waals surface area contributed by atoms with Crippen LogP contribution in [0.4, 0.5) is 5.69 Å². The van der Waals surface area contributed by atoms with Crippen LogP contribution in [0.5, 0.6) is 0 Å². The van der Waals surface area contributed by atoms with Gasteiger partial charge in [0.2, 0.25) is 5.91 Å². The average Bonchev–Trinajstić information content (AvgIpc) is 2.50. The molecule has 0 bridgehead atoms. The molecule has 102 valence electrons. The topological polar surface area (TPSA) is 89.5 Å². The molecule has 0 spiro atoms. The van der Waals surface area contributed by atoms with Crippen molar-refractivity contribution in [3.63, 3.8) is 0 Å². The highest BCUT2D eigenvalue weighted by atomic mass is 16.6. The van der Waals surface area contributed by atoms with Crippen LogP contribution in [0.2, 0.25) is 0 Å². The van der Waals surface area contributed by atoms with E-state index in [2.05, 4.69) is 0 Å². The zero-order valence-electron chi connectivity index (χ0n) is 10.8. The van der Waals surface area contributed by atoms with Crippen LogP contribution in [-0.2, 0) is 4.79 Å². The molecule has 1 amide bonds. The number of hydrogen-bond donors (Lipinski definition) is 1. The van der Waals surface area contributed by atoms with E-state index >= 15 is 0 Å². The van der Waals surface area contributed by atoms with E-state index in [1.807, 2.05) is 0 Å². The lowest BCUT2D eigenvalue weighted by Crippen LogP contribution is -2.40. The predicted octanol–water partition coefficient (Wildman–Crippen LogP) is 1.61. The summed E-state index contributed by atoms with van der Waals surface area (Å²) >= 11 is 0. The molecule has 1 saturated heterocycles. The van der Waals surface area contributed by atoms with Gasteiger partial charge in [0.05, 0.1) is 16.5 Å². The largest absolute Gasteiger partial charge is 0.337 e.